The van der Waals surface area contributed by atoms with E-state index in [0.29, 0.717) is 41.3 Å². The van der Waals surface area contributed by atoms with Gasteiger partial charge in [0.1, 0.15) is 5.78 Å². The van der Waals surface area contributed by atoms with Crippen LogP contribution in [-0.4, -0.2) is 5.78 Å². The number of carbonyl (C=O) groups excluding carboxylic acids is 1. The Morgan fingerprint density at radius 1 is 0.706 bits per heavy atom. The Morgan fingerprint density at radius 2 is 1.06 bits per heavy atom. The topological polar surface area (TPSA) is 17.1 Å². The molecule has 0 aromatic carbocycles. The van der Waals surface area contributed by atoms with Gasteiger partial charge < -0.3 is 0 Å². The molecular formula is C33H54O. The van der Waals surface area contributed by atoms with Gasteiger partial charge in [0, 0.05) is 11.8 Å². The molecule has 4 aliphatic carbocycles. The van der Waals surface area contributed by atoms with Crippen LogP contribution in [0, 0.1) is 58.2 Å². The van der Waals surface area contributed by atoms with Crippen molar-refractivity contribution in [1.82, 2.24) is 0 Å². The number of Topliss-reactive ketones (excluding diaryl/α,β-unsaturated/α-hetero) is 1. The predicted octanol–water partition coefficient (Wildman–Crippen LogP) is 9.43. The lowest BCUT2D eigenvalue weighted by Crippen LogP contribution is -2.45. The first-order valence-electron chi connectivity index (χ1n) is 14.8. The fourth-order valence-corrected chi connectivity index (χ4v) is 9.34. The highest BCUT2D eigenvalue weighted by molar-refractivity contribution is 5.84. The summed E-state index contributed by atoms with van der Waals surface area (Å²) in [6, 6.07) is 0. The third kappa shape index (κ3) is 4.30. The molecule has 0 aromatic heterocycles. The SMILES string of the molecule is CC1CC2=C(C(C(C)C(=O)C(C)C3C4=C(CCCC4(C)C)CC(C)C3C)C1C)C(C)(C)CCC2. The first kappa shape index (κ1) is 26.2. The van der Waals surface area contributed by atoms with E-state index in [-0.39, 0.29) is 22.7 Å². The number of hydrogen-bond acceptors (Lipinski definition) is 1. The van der Waals surface area contributed by atoms with Crippen molar-refractivity contribution < 1.29 is 4.79 Å². The van der Waals surface area contributed by atoms with E-state index in [2.05, 4.69) is 69.2 Å². The maximum absolute atomic E-state index is 14.5. The molecule has 8 atom stereocenters. The normalized spacial score (nSPS) is 39.2. The van der Waals surface area contributed by atoms with Crippen molar-refractivity contribution in [3.8, 4) is 0 Å². The Kier molecular flexibility index (Phi) is 7.11. The monoisotopic (exact) mass is 466 g/mol. The van der Waals surface area contributed by atoms with E-state index in [9.17, 15) is 4.79 Å². The van der Waals surface area contributed by atoms with Gasteiger partial charge in [0.25, 0.3) is 0 Å². The lowest BCUT2D eigenvalue weighted by molar-refractivity contribution is -0.130. The molecule has 0 bridgehead atoms. The molecule has 0 heterocycles. The van der Waals surface area contributed by atoms with Gasteiger partial charge in [-0.05, 0) is 97.7 Å². The average Bonchev–Trinajstić information content (AvgIpc) is 2.74. The van der Waals surface area contributed by atoms with Gasteiger partial charge in [-0.3, -0.25) is 4.79 Å². The summed E-state index contributed by atoms with van der Waals surface area (Å²) in [4.78, 5) is 14.5. The van der Waals surface area contributed by atoms with Gasteiger partial charge in [0.15, 0.2) is 0 Å². The van der Waals surface area contributed by atoms with Crippen molar-refractivity contribution >= 4 is 5.78 Å². The molecule has 0 amide bonds. The van der Waals surface area contributed by atoms with Crippen LogP contribution in [0.25, 0.3) is 0 Å². The average molecular weight is 467 g/mol. The summed E-state index contributed by atoms with van der Waals surface area (Å²) in [5.74, 6) is 4.19. The van der Waals surface area contributed by atoms with Crippen molar-refractivity contribution in [2.45, 2.75) is 121 Å². The molecule has 0 saturated heterocycles. The van der Waals surface area contributed by atoms with Crippen LogP contribution < -0.4 is 0 Å². The molecule has 1 heteroatoms. The van der Waals surface area contributed by atoms with E-state index in [1.165, 1.54) is 51.4 Å². The second-order valence-electron chi connectivity index (χ2n) is 14.6. The van der Waals surface area contributed by atoms with Crippen molar-refractivity contribution in [3.05, 3.63) is 22.3 Å². The zero-order chi connectivity index (χ0) is 25.2. The van der Waals surface area contributed by atoms with Crippen LogP contribution >= 0.6 is 0 Å². The van der Waals surface area contributed by atoms with Gasteiger partial charge in [0.05, 0.1) is 0 Å². The van der Waals surface area contributed by atoms with Crippen molar-refractivity contribution in [2.24, 2.45) is 58.2 Å². The highest BCUT2D eigenvalue weighted by atomic mass is 16.1. The van der Waals surface area contributed by atoms with Crippen LogP contribution in [0.4, 0.5) is 0 Å². The first-order valence-corrected chi connectivity index (χ1v) is 14.8. The number of hydrogen-bond donors (Lipinski definition) is 0. The standard InChI is InChI=1S/C33H54O/c1-19-17-25-13-11-15-32(7,8)29(25)27(21(19)3)23(5)31(34)24(6)28-22(4)20(2)18-26-14-12-16-33(9,10)30(26)28/h19-24,27-28H,11-18H2,1-10H3. The minimum atomic E-state index is 0.121. The van der Waals surface area contributed by atoms with Crippen molar-refractivity contribution in [1.29, 1.82) is 0 Å². The quantitative estimate of drug-likeness (QED) is 0.377. The largest absolute Gasteiger partial charge is 0.299 e. The van der Waals surface area contributed by atoms with Crippen molar-refractivity contribution in [2.75, 3.05) is 0 Å². The van der Waals surface area contributed by atoms with E-state index in [0.717, 1.165) is 0 Å². The highest BCUT2D eigenvalue weighted by Gasteiger charge is 2.49. The summed E-state index contributed by atoms with van der Waals surface area (Å²) in [6.07, 6.45) is 10.3. The molecule has 192 valence electrons. The van der Waals surface area contributed by atoms with E-state index in [4.69, 9.17) is 0 Å². The summed E-state index contributed by atoms with van der Waals surface area (Å²) in [5.41, 5.74) is 7.33. The molecule has 1 nitrogen and oxygen atoms in total. The minimum absolute atomic E-state index is 0.121. The fourth-order valence-electron chi connectivity index (χ4n) is 9.34. The molecule has 34 heavy (non-hydrogen) atoms. The Balaban J connectivity index is 1.70. The van der Waals surface area contributed by atoms with E-state index >= 15 is 0 Å². The molecule has 0 aromatic rings. The summed E-state index contributed by atoms with van der Waals surface area (Å²) in [7, 11) is 0. The van der Waals surface area contributed by atoms with Gasteiger partial charge >= 0.3 is 0 Å². The van der Waals surface area contributed by atoms with Crippen LogP contribution in [-0.2, 0) is 4.79 Å². The number of carbonyl (C=O) groups is 1. The lowest BCUT2D eigenvalue weighted by Gasteiger charge is -2.51. The van der Waals surface area contributed by atoms with E-state index < -0.39 is 0 Å². The first-order chi connectivity index (χ1) is 15.8. The van der Waals surface area contributed by atoms with Crippen LogP contribution in [0.3, 0.4) is 0 Å². The van der Waals surface area contributed by atoms with Crippen molar-refractivity contribution in [3.63, 3.8) is 0 Å². The smallest absolute Gasteiger partial charge is 0.139 e. The van der Waals surface area contributed by atoms with Gasteiger partial charge in [-0.2, -0.15) is 0 Å². The molecular weight excluding hydrogens is 412 g/mol. The Labute approximate surface area is 211 Å². The Bertz CT molecular complexity index is 797. The zero-order valence-corrected chi connectivity index (χ0v) is 24.2. The van der Waals surface area contributed by atoms with Gasteiger partial charge in [0.2, 0.25) is 0 Å². The molecule has 0 spiro atoms. The molecule has 0 fully saturated rings. The molecule has 4 rings (SSSR count). The third-order valence-corrected chi connectivity index (χ3v) is 11.5. The van der Waals surface area contributed by atoms with E-state index in [1.807, 2.05) is 0 Å². The van der Waals surface area contributed by atoms with Gasteiger partial charge in [-0.25, -0.2) is 0 Å². The second-order valence-corrected chi connectivity index (χ2v) is 14.6. The highest BCUT2D eigenvalue weighted by Crippen LogP contribution is 2.57. The maximum atomic E-state index is 14.5. The van der Waals surface area contributed by atoms with Crippen LogP contribution in [0.15, 0.2) is 22.3 Å². The number of allylic oxidation sites excluding steroid dienone is 4. The van der Waals surface area contributed by atoms with Gasteiger partial charge in [-0.15, -0.1) is 0 Å². The zero-order valence-electron chi connectivity index (χ0n) is 24.2. The molecule has 0 aliphatic heterocycles. The molecule has 0 radical (unpaired) electrons. The summed E-state index contributed by atoms with van der Waals surface area (Å²) < 4.78 is 0. The molecule has 8 unspecified atom stereocenters. The van der Waals surface area contributed by atoms with Crippen LogP contribution in [0.5, 0.6) is 0 Å². The van der Waals surface area contributed by atoms with E-state index in [1.54, 1.807) is 22.3 Å². The lowest BCUT2D eigenvalue weighted by atomic mass is 9.53. The minimum Gasteiger partial charge on any atom is -0.299 e. The molecule has 0 N–H and O–H groups in total. The maximum Gasteiger partial charge on any atom is 0.139 e. The Morgan fingerprint density at radius 3 is 1.41 bits per heavy atom. The predicted molar refractivity (Wildman–Crippen MR) is 146 cm³/mol. The second kappa shape index (κ2) is 9.23. The summed E-state index contributed by atoms with van der Waals surface area (Å²) in [5, 5.41) is 0. The Hall–Kier alpha value is -0.850. The van der Waals surface area contributed by atoms with Crippen LogP contribution in [0.1, 0.15) is 121 Å². The molecule has 0 saturated carbocycles. The number of rotatable bonds is 4. The summed E-state index contributed by atoms with van der Waals surface area (Å²) in [6.45, 7) is 24.3. The van der Waals surface area contributed by atoms with Gasteiger partial charge in [-0.1, -0.05) is 91.5 Å². The fraction of sp³-hybridized carbons (Fsp3) is 0.848. The summed E-state index contributed by atoms with van der Waals surface area (Å²) >= 11 is 0. The molecule has 4 aliphatic rings. The third-order valence-electron chi connectivity index (χ3n) is 11.5. The van der Waals surface area contributed by atoms with Crippen LogP contribution in [0.2, 0.25) is 0 Å². The number of ketones is 1.